The van der Waals surface area contributed by atoms with Gasteiger partial charge in [0.25, 0.3) is 0 Å². The number of carbonyl (C=O) groups excluding carboxylic acids is 1. The van der Waals surface area contributed by atoms with Crippen LogP contribution in [0.2, 0.25) is 5.02 Å². The number of hydrogen-bond donors (Lipinski definition) is 1. The third kappa shape index (κ3) is 5.04. The Morgan fingerprint density at radius 3 is 2.39 bits per heavy atom. The number of ether oxygens (including phenoxy) is 2. The Balaban J connectivity index is 1.50. The van der Waals surface area contributed by atoms with Gasteiger partial charge in [0, 0.05) is 16.6 Å². The normalized spacial score (nSPS) is 23.2. The zero-order valence-corrected chi connectivity index (χ0v) is 23.2. The average molecular weight is 538 g/mol. The molecule has 1 N–H and O–H groups in total. The van der Waals surface area contributed by atoms with Crippen molar-refractivity contribution in [2.45, 2.75) is 76.7 Å². The van der Waals surface area contributed by atoms with Gasteiger partial charge in [0.1, 0.15) is 0 Å². The van der Waals surface area contributed by atoms with Crippen molar-refractivity contribution >= 4 is 17.5 Å². The maximum absolute atomic E-state index is 13.8. The van der Waals surface area contributed by atoms with Gasteiger partial charge in [-0.2, -0.15) is 0 Å². The number of furan rings is 1. The number of fused-ring (bicyclic) bond motifs is 1. The van der Waals surface area contributed by atoms with E-state index in [0.717, 1.165) is 47.9 Å². The van der Waals surface area contributed by atoms with Crippen LogP contribution >= 0.6 is 11.6 Å². The molecule has 0 saturated heterocycles. The number of aliphatic hydroxyl groups is 1. The number of halogens is 1. The lowest BCUT2D eigenvalue weighted by Crippen LogP contribution is -2.49. The van der Waals surface area contributed by atoms with E-state index in [-0.39, 0.29) is 30.0 Å². The van der Waals surface area contributed by atoms with Gasteiger partial charge in [0.2, 0.25) is 5.91 Å². The van der Waals surface area contributed by atoms with Crippen LogP contribution in [0.3, 0.4) is 0 Å². The van der Waals surface area contributed by atoms with Crippen LogP contribution in [0.4, 0.5) is 0 Å². The molecule has 0 spiro atoms. The molecule has 0 bridgehead atoms. The number of hydrogen-bond acceptors (Lipinski definition) is 5. The quantitative estimate of drug-likeness (QED) is 0.364. The van der Waals surface area contributed by atoms with E-state index in [1.807, 2.05) is 63.2 Å². The summed E-state index contributed by atoms with van der Waals surface area (Å²) in [6.45, 7) is 5.84. The maximum Gasteiger partial charge on any atom is 0.228 e. The van der Waals surface area contributed by atoms with E-state index >= 15 is 0 Å². The topological polar surface area (TPSA) is 72.1 Å². The van der Waals surface area contributed by atoms with E-state index in [4.69, 9.17) is 25.5 Å². The highest BCUT2D eigenvalue weighted by molar-refractivity contribution is 6.30. The third-order valence-corrected chi connectivity index (χ3v) is 8.42. The largest absolute Gasteiger partial charge is 0.493 e. The minimum absolute atomic E-state index is 0.0180. The number of methoxy groups -OCH3 is 1. The summed E-state index contributed by atoms with van der Waals surface area (Å²) >= 11 is 6.24. The first-order chi connectivity index (χ1) is 18.2. The fraction of sp³-hybridized carbons (Fsp3) is 0.452. The Bertz CT molecular complexity index is 1260. The van der Waals surface area contributed by atoms with Crippen molar-refractivity contribution in [2.75, 3.05) is 7.11 Å². The molecule has 2 aromatic carbocycles. The molecule has 1 amide bonds. The summed E-state index contributed by atoms with van der Waals surface area (Å²) in [7, 11) is 1.62. The highest BCUT2D eigenvalue weighted by atomic mass is 35.5. The monoisotopic (exact) mass is 537 g/mol. The Hall–Kier alpha value is -2.96. The predicted octanol–water partition coefficient (Wildman–Crippen LogP) is 6.67. The molecule has 7 heteroatoms. The molecule has 5 rings (SSSR count). The van der Waals surface area contributed by atoms with Crippen LogP contribution in [0.1, 0.15) is 74.8 Å². The summed E-state index contributed by atoms with van der Waals surface area (Å²) in [6, 6.07) is 13.4. The highest BCUT2D eigenvalue weighted by Crippen LogP contribution is 2.46. The molecular weight excluding hydrogens is 502 g/mol. The molecule has 1 aromatic heterocycles. The summed E-state index contributed by atoms with van der Waals surface area (Å²) in [5, 5.41) is 12.0. The van der Waals surface area contributed by atoms with Gasteiger partial charge in [-0.05, 0) is 99.4 Å². The van der Waals surface area contributed by atoms with Crippen molar-refractivity contribution in [3.63, 3.8) is 0 Å². The summed E-state index contributed by atoms with van der Waals surface area (Å²) in [5.41, 5.74) is 2.85. The SMILES string of the molecule is COc1cc2c(cc1OC(C)C)C(c1ccc(Cl)cc1)N([C@H]1CC[C@H](C(C)(O)c3ccoc3)CC1)C(=O)C2. The van der Waals surface area contributed by atoms with Crippen LogP contribution in [0, 0.1) is 5.92 Å². The first kappa shape index (κ1) is 26.6. The van der Waals surface area contributed by atoms with Crippen LogP contribution in [-0.2, 0) is 16.8 Å². The summed E-state index contributed by atoms with van der Waals surface area (Å²) in [5.74, 6) is 1.50. The third-order valence-electron chi connectivity index (χ3n) is 8.17. The van der Waals surface area contributed by atoms with Crippen molar-refractivity contribution in [1.82, 2.24) is 4.90 Å². The number of benzene rings is 2. The minimum Gasteiger partial charge on any atom is -0.493 e. The van der Waals surface area contributed by atoms with Crippen molar-refractivity contribution in [3.8, 4) is 11.5 Å². The van der Waals surface area contributed by atoms with E-state index < -0.39 is 5.60 Å². The zero-order chi connectivity index (χ0) is 27.0. The molecule has 0 radical (unpaired) electrons. The van der Waals surface area contributed by atoms with Crippen molar-refractivity contribution in [3.05, 3.63) is 82.3 Å². The van der Waals surface area contributed by atoms with Gasteiger partial charge in [-0.1, -0.05) is 23.7 Å². The van der Waals surface area contributed by atoms with Crippen LogP contribution in [0.5, 0.6) is 11.5 Å². The first-order valence-corrected chi connectivity index (χ1v) is 13.8. The zero-order valence-electron chi connectivity index (χ0n) is 22.4. The molecule has 2 aliphatic rings. The lowest BCUT2D eigenvalue weighted by molar-refractivity contribution is -0.137. The van der Waals surface area contributed by atoms with Crippen molar-refractivity contribution < 1.29 is 23.8 Å². The number of carbonyl (C=O) groups is 1. The fourth-order valence-electron chi connectivity index (χ4n) is 6.18. The van der Waals surface area contributed by atoms with E-state index in [1.165, 1.54) is 0 Å². The van der Waals surface area contributed by atoms with Gasteiger partial charge in [-0.3, -0.25) is 4.79 Å². The molecular formula is C31H36ClNO5. The van der Waals surface area contributed by atoms with Gasteiger partial charge in [-0.25, -0.2) is 0 Å². The molecule has 38 heavy (non-hydrogen) atoms. The van der Waals surface area contributed by atoms with Crippen molar-refractivity contribution in [1.29, 1.82) is 0 Å². The Morgan fingerprint density at radius 1 is 1.08 bits per heavy atom. The highest BCUT2D eigenvalue weighted by Gasteiger charge is 2.43. The van der Waals surface area contributed by atoms with E-state index in [9.17, 15) is 9.90 Å². The minimum atomic E-state index is -0.967. The second-order valence-corrected chi connectivity index (χ2v) is 11.4. The lowest BCUT2D eigenvalue weighted by Gasteiger charge is -2.46. The number of amides is 1. The smallest absolute Gasteiger partial charge is 0.228 e. The van der Waals surface area contributed by atoms with Gasteiger partial charge < -0.3 is 23.9 Å². The second kappa shape index (κ2) is 10.7. The molecule has 2 atom stereocenters. The van der Waals surface area contributed by atoms with Crippen LogP contribution < -0.4 is 9.47 Å². The van der Waals surface area contributed by atoms with E-state index in [0.29, 0.717) is 22.9 Å². The van der Waals surface area contributed by atoms with Gasteiger partial charge >= 0.3 is 0 Å². The summed E-state index contributed by atoms with van der Waals surface area (Å²) in [4.78, 5) is 15.9. The first-order valence-electron chi connectivity index (χ1n) is 13.4. The molecule has 1 aliphatic heterocycles. The van der Waals surface area contributed by atoms with Gasteiger partial charge in [0.15, 0.2) is 11.5 Å². The molecule has 202 valence electrons. The number of nitrogens with zero attached hydrogens (tertiary/aromatic N) is 1. The Labute approximate surface area is 229 Å². The lowest BCUT2D eigenvalue weighted by atomic mass is 9.73. The maximum atomic E-state index is 13.8. The van der Waals surface area contributed by atoms with Gasteiger partial charge in [-0.15, -0.1) is 0 Å². The Kier molecular flexibility index (Phi) is 7.47. The van der Waals surface area contributed by atoms with Crippen LogP contribution in [0.15, 0.2) is 59.4 Å². The molecule has 6 nitrogen and oxygen atoms in total. The second-order valence-electron chi connectivity index (χ2n) is 11.0. The van der Waals surface area contributed by atoms with E-state index in [2.05, 4.69) is 4.90 Å². The molecule has 2 unspecified atom stereocenters. The molecule has 3 aromatic rings. The molecule has 2 heterocycles. The summed E-state index contributed by atoms with van der Waals surface area (Å²) < 4.78 is 17.0. The van der Waals surface area contributed by atoms with Gasteiger partial charge in [0.05, 0.1) is 43.8 Å². The van der Waals surface area contributed by atoms with E-state index in [1.54, 1.807) is 19.6 Å². The number of rotatable bonds is 7. The fourth-order valence-corrected chi connectivity index (χ4v) is 6.31. The summed E-state index contributed by atoms with van der Waals surface area (Å²) in [6.07, 6.45) is 6.78. The molecule has 1 saturated carbocycles. The van der Waals surface area contributed by atoms with Crippen LogP contribution in [-0.4, -0.2) is 35.2 Å². The predicted molar refractivity (Wildman–Crippen MR) is 147 cm³/mol. The van der Waals surface area contributed by atoms with Crippen LogP contribution in [0.25, 0.3) is 0 Å². The standard InChI is InChI=1S/C31H36ClNO5/c1-19(2)38-28-17-26-21(15-27(28)36-4)16-29(34)33(30(26)20-5-9-24(32)10-6-20)25-11-7-22(8-12-25)31(3,35)23-13-14-37-18-23/h5-6,9-10,13-15,17-19,22,25,30,35H,7-8,11-12,16H2,1-4H3/t22-,25-,30?,31?. The molecule has 1 aliphatic carbocycles. The van der Waals surface area contributed by atoms with Crippen molar-refractivity contribution in [2.24, 2.45) is 5.92 Å². The Morgan fingerprint density at radius 2 is 1.79 bits per heavy atom. The molecule has 1 fully saturated rings. The average Bonchev–Trinajstić information content (AvgIpc) is 3.44.